The summed E-state index contributed by atoms with van der Waals surface area (Å²) in [6.45, 7) is 12.3. The van der Waals surface area contributed by atoms with Crippen LogP contribution in [0.25, 0.3) is 0 Å². The number of aromatic nitrogens is 1. The van der Waals surface area contributed by atoms with E-state index in [1.165, 1.54) is 22.3 Å². The van der Waals surface area contributed by atoms with Crippen LogP contribution in [0.2, 0.25) is 0 Å². The summed E-state index contributed by atoms with van der Waals surface area (Å²) in [6.07, 6.45) is 2.65. The van der Waals surface area contributed by atoms with E-state index in [4.69, 9.17) is 4.52 Å². The predicted octanol–water partition coefficient (Wildman–Crippen LogP) is 2.54. The molecule has 0 amide bonds. The summed E-state index contributed by atoms with van der Waals surface area (Å²) >= 11 is 0. The van der Waals surface area contributed by atoms with Crippen LogP contribution in [-0.2, 0) is 13.0 Å². The molecule has 0 spiro atoms. The van der Waals surface area contributed by atoms with Gasteiger partial charge in [-0.05, 0) is 43.9 Å². The molecule has 2 heterocycles. The third-order valence-corrected chi connectivity index (χ3v) is 5.26. The first-order valence-electron chi connectivity index (χ1n) is 9.70. The van der Waals surface area contributed by atoms with Crippen molar-refractivity contribution in [1.82, 2.24) is 20.3 Å². The molecular formula is C21H31N5O. The highest BCUT2D eigenvalue weighted by molar-refractivity contribution is 5.80. The standard InChI is InChI=1S/C21H31N5O/c1-16-13-17(2)20(18(3)14-16)5-7-23-21(22-4)26-10-8-25(9-11-26)15-19-6-12-27-24-19/h6,12-14H,5,7-11,15H2,1-4H3,(H,22,23). The van der Waals surface area contributed by atoms with E-state index in [-0.39, 0.29) is 0 Å². The molecule has 27 heavy (non-hydrogen) atoms. The molecule has 0 aliphatic carbocycles. The second kappa shape index (κ2) is 9.04. The maximum Gasteiger partial charge on any atom is 0.193 e. The van der Waals surface area contributed by atoms with Gasteiger partial charge < -0.3 is 14.7 Å². The third kappa shape index (κ3) is 5.10. The van der Waals surface area contributed by atoms with E-state index in [0.717, 1.165) is 57.3 Å². The first kappa shape index (κ1) is 19.4. The highest BCUT2D eigenvalue weighted by Crippen LogP contribution is 2.16. The largest absolute Gasteiger partial charge is 0.364 e. The summed E-state index contributed by atoms with van der Waals surface area (Å²) < 4.78 is 4.92. The molecule has 1 fully saturated rings. The lowest BCUT2D eigenvalue weighted by molar-refractivity contribution is 0.169. The van der Waals surface area contributed by atoms with E-state index in [2.05, 4.69) is 58.2 Å². The van der Waals surface area contributed by atoms with Crippen molar-refractivity contribution in [3.8, 4) is 0 Å². The number of hydrogen-bond donors (Lipinski definition) is 1. The van der Waals surface area contributed by atoms with E-state index >= 15 is 0 Å². The highest BCUT2D eigenvalue weighted by Gasteiger charge is 2.20. The summed E-state index contributed by atoms with van der Waals surface area (Å²) in [5.41, 5.74) is 6.54. The van der Waals surface area contributed by atoms with E-state index in [1.807, 2.05) is 13.1 Å². The smallest absolute Gasteiger partial charge is 0.193 e. The first-order chi connectivity index (χ1) is 13.1. The van der Waals surface area contributed by atoms with Gasteiger partial charge in [-0.25, -0.2) is 0 Å². The Hall–Kier alpha value is -2.34. The molecule has 1 aromatic heterocycles. The average molecular weight is 370 g/mol. The normalized spacial score (nSPS) is 16.0. The lowest BCUT2D eigenvalue weighted by Crippen LogP contribution is -2.52. The topological polar surface area (TPSA) is 56.9 Å². The van der Waals surface area contributed by atoms with Crippen molar-refractivity contribution >= 4 is 5.96 Å². The minimum Gasteiger partial charge on any atom is -0.364 e. The SMILES string of the molecule is CN=C(NCCc1c(C)cc(C)cc1C)N1CCN(Cc2ccon2)CC1. The van der Waals surface area contributed by atoms with Crippen molar-refractivity contribution < 1.29 is 4.52 Å². The van der Waals surface area contributed by atoms with Gasteiger partial charge in [0.2, 0.25) is 0 Å². The first-order valence-corrected chi connectivity index (χ1v) is 9.70. The molecule has 6 heteroatoms. The number of rotatable bonds is 5. The molecule has 6 nitrogen and oxygen atoms in total. The molecule has 0 radical (unpaired) electrons. The van der Waals surface area contributed by atoms with Crippen molar-refractivity contribution in [2.45, 2.75) is 33.7 Å². The molecule has 1 aromatic carbocycles. The van der Waals surface area contributed by atoms with Crippen LogP contribution in [0.5, 0.6) is 0 Å². The van der Waals surface area contributed by atoms with Crippen molar-refractivity contribution in [2.24, 2.45) is 4.99 Å². The fraction of sp³-hybridized carbons (Fsp3) is 0.524. The minimum absolute atomic E-state index is 0.850. The molecule has 3 rings (SSSR count). The van der Waals surface area contributed by atoms with Gasteiger partial charge in [-0.1, -0.05) is 22.9 Å². The summed E-state index contributed by atoms with van der Waals surface area (Å²) in [6, 6.07) is 6.47. The third-order valence-electron chi connectivity index (χ3n) is 5.26. The number of aliphatic imine (C=N–C) groups is 1. The Bertz CT molecular complexity index is 738. The Balaban J connectivity index is 1.47. The number of guanidine groups is 1. The second-order valence-electron chi connectivity index (χ2n) is 7.36. The number of nitrogens with zero attached hydrogens (tertiary/aromatic N) is 4. The number of piperazine rings is 1. The second-order valence-corrected chi connectivity index (χ2v) is 7.36. The zero-order valence-corrected chi connectivity index (χ0v) is 17.0. The monoisotopic (exact) mass is 369 g/mol. The summed E-state index contributed by atoms with van der Waals surface area (Å²) in [5, 5.41) is 7.55. The van der Waals surface area contributed by atoms with Gasteiger partial charge in [0.1, 0.15) is 6.26 Å². The molecule has 146 valence electrons. The van der Waals surface area contributed by atoms with Crippen molar-refractivity contribution in [1.29, 1.82) is 0 Å². The van der Waals surface area contributed by atoms with Crippen LogP contribution in [0.15, 0.2) is 34.0 Å². The quantitative estimate of drug-likeness (QED) is 0.648. The van der Waals surface area contributed by atoms with Crippen molar-refractivity contribution in [3.05, 3.63) is 52.4 Å². The Morgan fingerprint density at radius 2 is 1.85 bits per heavy atom. The summed E-state index contributed by atoms with van der Waals surface area (Å²) in [7, 11) is 1.87. The fourth-order valence-corrected chi connectivity index (χ4v) is 3.90. The molecule has 1 aliphatic heterocycles. The van der Waals surface area contributed by atoms with Crippen LogP contribution in [0.3, 0.4) is 0 Å². The van der Waals surface area contributed by atoms with Crippen LogP contribution >= 0.6 is 0 Å². The van der Waals surface area contributed by atoms with Crippen LogP contribution in [0, 0.1) is 20.8 Å². The lowest BCUT2D eigenvalue weighted by atomic mass is 9.97. The zero-order valence-electron chi connectivity index (χ0n) is 17.0. The van der Waals surface area contributed by atoms with Gasteiger partial charge in [0, 0.05) is 52.4 Å². The molecule has 1 aliphatic rings. The van der Waals surface area contributed by atoms with Gasteiger partial charge in [-0.2, -0.15) is 0 Å². The maximum absolute atomic E-state index is 4.92. The van der Waals surface area contributed by atoms with Crippen LogP contribution in [-0.4, -0.2) is 60.7 Å². The molecule has 0 bridgehead atoms. The molecule has 0 unspecified atom stereocenters. The van der Waals surface area contributed by atoms with Gasteiger partial charge >= 0.3 is 0 Å². The van der Waals surface area contributed by atoms with Crippen molar-refractivity contribution in [2.75, 3.05) is 39.8 Å². The van der Waals surface area contributed by atoms with Gasteiger partial charge in [-0.3, -0.25) is 9.89 Å². The van der Waals surface area contributed by atoms with Gasteiger partial charge in [0.25, 0.3) is 0 Å². The molecule has 1 saturated heterocycles. The van der Waals surface area contributed by atoms with Crippen LogP contribution in [0.4, 0.5) is 0 Å². The van der Waals surface area contributed by atoms with Gasteiger partial charge in [0.15, 0.2) is 5.96 Å². The van der Waals surface area contributed by atoms with Crippen LogP contribution in [0.1, 0.15) is 27.9 Å². The van der Waals surface area contributed by atoms with E-state index in [9.17, 15) is 0 Å². The van der Waals surface area contributed by atoms with E-state index in [1.54, 1.807) is 6.26 Å². The Kier molecular flexibility index (Phi) is 6.50. The molecule has 2 aromatic rings. The van der Waals surface area contributed by atoms with Gasteiger partial charge in [-0.15, -0.1) is 0 Å². The molecular weight excluding hydrogens is 338 g/mol. The van der Waals surface area contributed by atoms with Gasteiger partial charge in [0.05, 0.1) is 5.69 Å². The fourth-order valence-electron chi connectivity index (χ4n) is 3.90. The number of hydrogen-bond acceptors (Lipinski definition) is 4. The molecule has 0 atom stereocenters. The predicted molar refractivity (Wildman–Crippen MR) is 109 cm³/mol. The Morgan fingerprint density at radius 1 is 1.15 bits per heavy atom. The number of aryl methyl sites for hydroxylation is 3. The van der Waals surface area contributed by atoms with E-state index < -0.39 is 0 Å². The number of nitrogens with one attached hydrogen (secondary N) is 1. The highest BCUT2D eigenvalue weighted by atomic mass is 16.5. The zero-order chi connectivity index (χ0) is 19.2. The van der Waals surface area contributed by atoms with Crippen molar-refractivity contribution in [3.63, 3.8) is 0 Å². The average Bonchev–Trinajstić information content (AvgIpc) is 3.14. The van der Waals surface area contributed by atoms with Crippen LogP contribution < -0.4 is 5.32 Å². The Labute approximate surface area is 162 Å². The molecule has 1 N–H and O–H groups in total. The Morgan fingerprint density at radius 3 is 2.44 bits per heavy atom. The summed E-state index contributed by atoms with van der Waals surface area (Å²) in [5.74, 6) is 0.999. The van der Waals surface area contributed by atoms with E-state index in [0.29, 0.717) is 0 Å². The summed E-state index contributed by atoms with van der Waals surface area (Å²) in [4.78, 5) is 9.23. The molecule has 0 saturated carbocycles. The number of benzene rings is 1. The lowest BCUT2D eigenvalue weighted by Gasteiger charge is -2.36. The maximum atomic E-state index is 4.92. The minimum atomic E-state index is 0.850.